The van der Waals surface area contributed by atoms with E-state index in [9.17, 15) is 56.7 Å². The lowest BCUT2D eigenvalue weighted by Gasteiger charge is -2.20. The average molecular weight is 895 g/mol. The van der Waals surface area contributed by atoms with Gasteiger partial charge in [0.1, 0.15) is 56.6 Å². The maximum atomic E-state index is 13.2. The minimum absolute atomic E-state index is 0.0456. The van der Waals surface area contributed by atoms with E-state index in [2.05, 4.69) is 44.1 Å². The van der Waals surface area contributed by atoms with Crippen molar-refractivity contribution in [3.8, 4) is 0 Å². The van der Waals surface area contributed by atoms with Gasteiger partial charge >= 0.3 is 17.4 Å². The predicted molar refractivity (Wildman–Crippen MR) is 209 cm³/mol. The number of aromatic nitrogens is 4. The first-order chi connectivity index (χ1) is 28.1. The molecule has 4 heterocycles. The fraction of sp³-hybridized carbons (Fsp3) is 0.0606. The smallest absolute Gasteiger partial charge is 0.308 e. The van der Waals surface area contributed by atoms with E-state index >= 15 is 0 Å². The molecule has 4 aliphatic rings. The molecule has 0 fully saturated rings. The summed E-state index contributed by atoms with van der Waals surface area (Å²) in [6.07, 6.45) is 6.19. The Morgan fingerprint density at radius 3 is 1.35 bits per heavy atom. The van der Waals surface area contributed by atoms with Gasteiger partial charge in [0, 0.05) is 22.5 Å². The number of nitrogens with zero attached hydrogens (tertiary/aromatic N) is 6. The first kappa shape index (κ1) is 37.5. The van der Waals surface area contributed by atoms with Gasteiger partial charge in [-0.2, -0.15) is 54.8 Å². The fourth-order valence-corrected chi connectivity index (χ4v) is 10.0. The van der Waals surface area contributed by atoms with Crippen LogP contribution >= 0.6 is 0 Å². The zero-order valence-corrected chi connectivity index (χ0v) is 32.7. The summed E-state index contributed by atoms with van der Waals surface area (Å²) in [4.78, 5) is 13.6. The first-order valence-electron chi connectivity index (χ1n) is 16.9. The lowest BCUT2D eigenvalue weighted by atomic mass is 9.97. The molecule has 0 bridgehead atoms. The van der Waals surface area contributed by atoms with Crippen LogP contribution in [0.15, 0.2) is 80.2 Å². The number of carbonyl (C=O) groups is 1. The Balaban J connectivity index is 0.906. The van der Waals surface area contributed by atoms with Crippen LogP contribution in [0, 0.1) is 12.2 Å². The minimum Gasteiger partial charge on any atom is -0.308 e. The molecule has 60 heavy (non-hydrogen) atoms. The molecule has 304 valence electrons. The van der Waals surface area contributed by atoms with Crippen molar-refractivity contribution >= 4 is 102 Å². The number of urea groups is 1. The second-order valence-electron chi connectivity index (χ2n) is 13.6. The second-order valence-corrected chi connectivity index (χ2v) is 19.2. The quantitative estimate of drug-likeness (QED) is 0.0803. The molecule has 0 spiro atoms. The van der Waals surface area contributed by atoms with Gasteiger partial charge in [-0.15, -0.1) is 10.2 Å². The van der Waals surface area contributed by atoms with Gasteiger partial charge < -0.3 is 10.6 Å². The van der Waals surface area contributed by atoms with Crippen LogP contribution in [0.3, 0.4) is 0 Å². The van der Waals surface area contributed by atoms with Crippen LogP contribution in [0.5, 0.6) is 0 Å². The molecule has 10 rings (SSSR count). The van der Waals surface area contributed by atoms with Crippen molar-refractivity contribution in [3.05, 3.63) is 95.3 Å². The number of allylic oxidation sites excluding steroid dienone is 2. The van der Waals surface area contributed by atoms with Crippen LogP contribution in [-0.4, -0.2) is 77.7 Å². The summed E-state index contributed by atoms with van der Waals surface area (Å²) < 4.78 is 138. The van der Waals surface area contributed by atoms with Crippen LogP contribution in [0.2, 0.25) is 0 Å². The highest BCUT2D eigenvalue weighted by Gasteiger charge is 2.46. The summed E-state index contributed by atoms with van der Waals surface area (Å²) in [5, 5.41) is 17.0. The standard InChI is InChI=1S/C33H20N10O13S4/c44-33(34-17-3-7-23(27(11-17)59(51,52)53)40-25-5-1-15-9-19(57(45,46)47)13-21-29(15)31(25)42(36-21)38-40)35-18-4-8-24(28(12-18)60(54,55)56)41-26-6-2-16-10-20(58(48,49)50)14-22-30(16)32(26)43(37-22)39-41/h3-4,7-14,38-39H,1-2H2,(H4-2,34,35,44,45,46,47,48,49,50,51,52,53,54,55,56)/p+2. The maximum absolute atomic E-state index is 13.2. The van der Waals surface area contributed by atoms with Gasteiger partial charge in [0.05, 0.1) is 21.2 Å². The average Bonchev–Trinajstić information content (AvgIpc) is 3.91. The first-order valence-corrected chi connectivity index (χ1v) is 22.6. The normalized spacial score (nSPS) is 15.3. The van der Waals surface area contributed by atoms with E-state index in [1.54, 1.807) is 0 Å². The molecule has 2 aliphatic heterocycles. The van der Waals surface area contributed by atoms with Crippen molar-refractivity contribution in [2.45, 2.75) is 32.4 Å². The Labute approximate surface area is 337 Å². The van der Waals surface area contributed by atoms with Crippen molar-refractivity contribution < 1.29 is 56.7 Å². The molecule has 0 saturated heterocycles. The lowest BCUT2D eigenvalue weighted by molar-refractivity contribution is 0.262. The minimum atomic E-state index is -4.98. The van der Waals surface area contributed by atoms with Gasteiger partial charge in [-0.25, -0.2) is 4.79 Å². The summed E-state index contributed by atoms with van der Waals surface area (Å²) in [6.45, 7) is 0. The lowest BCUT2D eigenvalue weighted by Crippen LogP contribution is -2.30. The number of nitrogens with one attached hydrogen (secondary N) is 4. The number of hydrogen-bond donors (Lipinski definition) is 8. The molecule has 0 atom stereocenters. The number of hydrazine groups is 2. The van der Waals surface area contributed by atoms with Crippen molar-refractivity contribution in [2.75, 3.05) is 31.7 Å². The number of rotatable bonds is 8. The van der Waals surface area contributed by atoms with E-state index in [-0.39, 0.29) is 67.8 Å². The van der Waals surface area contributed by atoms with Crippen molar-refractivity contribution in [2.24, 2.45) is 0 Å². The number of amides is 2. The Kier molecular flexibility index (Phi) is 7.59. The van der Waals surface area contributed by atoms with Gasteiger partial charge in [0.2, 0.25) is 0 Å². The zero-order valence-electron chi connectivity index (χ0n) is 29.5. The third-order valence-electron chi connectivity index (χ3n) is 9.90. The molecule has 0 saturated carbocycles. The molecule has 0 unspecified atom stereocenters. The molecule has 8 N–H and O–H groups in total. The Morgan fingerprint density at radius 2 is 0.983 bits per heavy atom. The van der Waals surface area contributed by atoms with Crippen LogP contribution in [0.25, 0.3) is 33.2 Å². The van der Waals surface area contributed by atoms with Crippen molar-refractivity contribution in [1.82, 2.24) is 19.8 Å². The van der Waals surface area contributed by atoms with Crippen LogP contribution in [0.1, 0.15) is 22.5 Å². The SMILES string of the molecule is O=C(Nc1ccc(N2Nn3nc4cc(S(=O)(=O)O)cc5c4c3C2=[C+]C5)c(S(=O)(=O)O)c1)Nc1ccc(N2Nn3nc4cc(S(=O)(=O)O)cc5c4c3C2=[C+]C5)c(S(=O)(=O)O)c1. The Hall–Kier alpha value is -6.77. The van der Waals surface area contributed by atoms with Gasteiger partial charge in [-0.3, -0.25) is 18.2 Å². The molecule has 0 radical (unpaired) electrons. The molecule has 6 aromatic rings. The Bertz CT molecular complexity index is 3310. The van der Waals surface area contributed by atoms with E-state index < -0.39 is 56.3 Å². The summed E-state index contributed by atoms with van der Waals surface area (Å²) in [7, 11) is -19.1. The molecule has 23 nitrogen and oxygen atoms in total. The molecule has 4 aromatic carbocycles. The summed E-state index contributed by atoms with van der Waals surface area (Å²) in [6, 6.07) is 11.0. The Morgan fingerprint density at radius 1 is 0.583 bits per heavy atom. The molecule has 2 aliphatic carbocycles. The number of hydrogen-bond acceptors (Lipinski definition) is 15. The fourth-order valence-electron chi connectivity index (χ4n) is 7.50. The predicted octanol–water partition coefficient (Wildman–Crippen LogP) is 2.37. The topological polar surface area (TPSA) is 325 Å². The molecular weight excluding hydrogens is 873 g/mol. The molecule has 2 amide bonds. The van der Waals surface area contributed by atoms with E-state index in [4.69, 9.17) is 0 Å². The van der Waals surface area contributed by atoms with Crippen LogP contribution in [0.4, 0.5) is 27.5 Å². The maximum Gasteiger partial charge on any atom is 0.323 e. The molecular formula is C33H22N10O13S4+2. The number of carbonyl (C=O) groups excluding carboxylic acids is 1. The monoisotopic (exact) mass is 894 g/mol. The summed E-state index contributed by atoms with van der Waals surface area (Å²) in [5.41, 5.74) is 7.93. The van der Waals surface area contributed by atoms with Crippen LogP contribution < -0.4 is 31.7 Å². The van der Waals surface area contributed by atoms with E-state index in [1.165, 1.54) is 68.1 Å². The van der Waals surface area contributed by atoms with Gasteiger partial charge in [-0.05, 0) is 60.7 Å². The van der Waals surface area contributed by atoms with E-state index in [0.717, 1.165) is 12.1 Å². The van der Waals surface area contributed by atoms with Gasteiger partial charge in [-0.1, -0.05) is 9.58 Å². The molecule has 2 aromatic heterocycles. The van der Waals surface area contributed by atoms with Gasteiger partial charge in [0.25, 0.3) is 51.9 Å². The highest BCUT2D eigenvalue weighted by molar-refractivity contribution is 7.86. The second kappa shape index (κ2) is 12.1. The van der Waals surface area contributed by atoms with Crippen molar-refractivity contribution in [3.63, 3.8) is 0 Å². The third-order valence-corrected chi connectivity index (χ3v) is 13.3. The molecule has 27 heteroatoms. The van der Waals surface area contributed by atoms with E-state index in [0.29, 0.717) is 33.3 Å². The highest BCUT2D eigenvalue weighted by Crippen LogP contribution is 2.44. The largest absolute Gasteiger partial charge is 0.323 e. The van der Waals surface area contributed by atoms with E-state index in [1.807, 2.05) is 0 Å². The van der Waals surface area contributed by atoms with Gasteiger partial charge in [0.15, 0.2) is 0 Å². The number of benzene rings is 4. The zero-order chi connectivity index (χ0) is 42.4. The summed E-state index contributed by atoms with van der Waals surface area (Å²) in [5.74, 6) is 0. The highest BCUT2D eigenvalue weighted by atomic mass is 32.2. The summed E-state index contributed by atoms with van der Waals surface area (Å²) >= 11 is 0. The van der Waals surface area contributed by atoms with Crippen molar-refractivity contribution in [1.29, 1.82) is 0 Å². The third kappa shape index (κ3) is 5.80. The van der Waals surface area contributed by atoms with Crippen LogP contribution in [-0.2, 0) is 53.3 Å². The number of anilines is 4.